The van der Waals surface area contributed by atoms with Crippen molar-refractivity contribution in [1.82, 2.24) is 23.6 Å². The Bertz CT molecular complexity index is 1160. The predicted molar refractivity (Wildman–Crippen MR) is 123 cm³/mol. The fraction of sp³-hybridized carbons (Fsp3) is 0.542. The van der Waals surface area contributed by atoms with E-state index >= 15 is 0 Å². The standard InChI is InChI=1S/C24H33N5O2/c1-4-19-14-8-9-15-28(19)17-20-25-22-21(23(30)27(3)24(31)26(22)2)29(20)16-10-13-18-11-6-5-7-12-18/h5-7,11-12,19H,4,8-10,13-17H2,1-3H3/t19-/m0/s1. The van der Waals surface area contributed by atoms with Gasteiger partial charge in [0, 0.05) is 26.7 Å². The molecule has 4 rings (SSSR count). The van der Waals surface area contributed by atoms with Crippen LogP contribution in [0, 0.1) is 0 Å². The maximum Gasteiger partial charge on any atom is 0.332 e. The predicted octanol–water partition coefficient (Wildman–Crippen LogP) is 2.83. The van der Waals surface area contributed by atoms with E-state index in [0.29, 0.717) is 23.8 Å². The number of aryl methyl sites for hydroxylation is 3. The zero-order valence-electron chi connectivity index (χ0n) is 18.9. The molecule has 7 nitrogen and oxygen atoms in total. The number of likely N-dealkylation sites (tertiary alicyclic amines) is 1. The van der Waals surface area contributed by atoms with Crippen LogP contribution in [-0.2, 0) is 33.6 Å². The van der Waals surface area contributed by atoms with Crippen LogP contribution < -0.4 is 11.2 Å². The molecule has 1 aliphatic heterocycles. The average Bonchev–Trinajstić information content (AvgIpc) is 3.15. The summed E-state index contributed by atoms with van der Waals surface area (Å²) in [6, 6.07) is 11.0. The Morgan fingerprint density at radius 2 is 1.84 bits per heavy atom. The highest BCUT2D eigenvalue weighted by Crippen LogP contribution is 2.23. The van der Waals surface area contributed by atoms with E-state index in [2.05, 4.69) is 40.7 Å². The summed E-state index contributed by atoms with van der Waals surface area (Å²) in [5.74, 6) is 0.890. The highest BCUT2D eigenvalue weighted by atomic mass is 16.2. The maximum atomic E-state index is 13.1. The van der Waals surface area contributed by atoms with Crippen molar-refractivity contribution in [2.75, 3.05) is 6.54 Å². The van der Waals surface area contributed by atoms with Crippen LogP contribution in [0.2, 0.25) is 0 Å². The number of hydrogen-bond donors (Lipinski definition) is 0. The first-order valence-corrected chi connectivity index (χ1v) is 11.4. The molecule has 1 atom stereocenters. The van der Waals surface area contributed by atoms with Gasteiger partial charge in [0.2, 0.25) is 0 Å². The number of benzene rings is 1. The second-order valence-electron chi connectivity index (χ2n) is 8.68. The van der Waals surface area contributed by atoms with E-state index in [1.807, 2.05) is 6.07 Å². The minimum absolute atomic E-state index is 0.262. The Balaban J connectivity index is 1.72. The SMILES string of the molecule is CC[C@H]1CCCCN1Cc1nc2c(c(=O)n(C)c(=O)n2C)n1CCCc1ccccc1. The molecule has 1 aromatic carbocycles. The van der Waals surface area contributed by atoms with Gasteiger partial charge in [-0.25, -0.2) is 9.78 Å². The molecule has 1 fully saturated rings. The van der Waals surface area contributed by atoms with Crippen LogP contribution in [0.5, 0.6) is 0 Å². The van der Waals surface area contributed by atoms with E-state index in [9.17, 15) is 9.59 Å². The molecule has 3 heterocycles. The molecular formula is C24H33N5O2. The Kier molecular flexibility index (Phi) is 6.41. The van der Waals surface area contributed by atoms with Gasteiger partial charge in [-0.2, -0.15) is 0 Å². The van der Waals surface area contributed by atoms with Crippen molar-refractivity contribution in [2.45, 2.75) is 64.6 Å². The highest BCUT2D eigenvalue weighted by Gasteiger charge is 2.25. The molecule has 0 bridgehead atoms. The summed E-state index contributed by atoms with van der Waals surface area (Å²) in [6.45, 7) is 4.72. The largest absolute Gasteiger partial charge is 0.332 e. The van der Waals surface area contributed by atoms with Crippen molar-refractivity contribution in [3.63, 3.8) is 0 Å². The Morgan fingerprint density at radius 3 is 2.58 bits per heavy atom. The maximum absolute atomic E-state index is 13.1. The third kappa shape index (κ3) is 4.24. The Labute approximate surface area is 182 Å². The van der Waals surface area contributed by atoms with E-state index in [1.54, 1.807) is 14.1 Å². The third-order valence-corrected chi connectivity index (χ3v) is 6.68. The summed E-state index contributed by atoms with van der Waals surface area (Å²) >= 11 is 0. The molecule has 166 valence electrons. The van der Waals surface area contributed by atoms with Crippen LogP contribution in [0.1, 0.15) is 50.4 Å². The summed E-state index contributed by atoms with van der Waals surface area (Å²) in [6.07, 6.45) is 6.65. The Hall–Kier alpha value is -2.67. The lowest BCUT2D eigenvalue weighted by Gasteiger charge is -2.34. The van der Waals surface area contributed by atoms with Gasteiger partial charge in [0.25, 0.3) is 5.56 Å². The van der Waals surface area contributed by atoms with Crippen molar-refractivity contribution in [1.29, 1.82) is 0 Å². The first kappa shape index (κ1) is 21.6. The number of piperidine rings is 1. The van der Waals surface area contributed by atoms with Gasteiger partial charge in [0.1, 0.15) is 5.82 Å². The van der Waals surface area contributed by atoms with Crippen molar-refractivity contribution >= 4 is 11.2 Å². The molecule has 1 saturated heterocycles. The van der Waals surface area contributed by atoms with Crippen LogP contribution in [0.3, 0.4) is 0 Å². The molecule has 7 heteroatoms. The highest BCUT2D eigenvalue weighted by molar-refractivity contribution is 5.71. The van der Waals surface area contributed by atoms with E-state index in [4.69, 9.17) is 4.98 Å². The average molecular weight is 424 g/mol. The van der Waals surface area contributed by atoms with Crippen molar-refractivity contribution < 1.29 is 0 Å². The lowest BCUT2D eigenvalue weighted by molar-refractivity contribution is 0.131. The number of aromatic nitrogens is 4. The first-order valence-electron chi connectivity index (χ1n) is 11.4. The van der Waals surface area contributed by atoms with Gasteiger partial charge in [0.15, 0.2) is 11.2 Å². The molecule has 0 N–H and O–H groups in total. The second-order valence-corrected chi connectivity index (χ2v) is 8.68. The minimum atomic E-state index is -0.331. The van der Waals surface area contributed by atoms with E-state index in [-0.39, 0.29) is 11.2 Å². The number of fused-ring (bicyclic) bond motifs is 1. The van der Waals surface area contributed by atoms with Gasteiger partial charge >= 0.3 is 5.69 Å². The Morgan fingerprint density at radius 1 is 1.06 bits per heavy atom. The molecule has 0 radical (unpaired) electrons. The topological polar surface area (TPSA) is 65.1 Å². The molecule has 1 aliphatic rings. The quantitative estimate of drug-likeness (QED) is 0.586. The molecule has 0 amide bonds. The van der Waals surface area contributed by atoms with E-state index in [1.165, 1.54) is 34.0 Å². The molecule has 0 spiro atoms. The zero-order valence-corrected chi connectivity index (χ0v) is 18.9. The van der Waals surface area contributed by atoms with Crippen LogP contribution in [0.4, 0.5) is 0 Å². The number of nitrogens with zero attached hydrogens (tertiary/aromatic N) is 5. The monoisotopic (exact) mass is 423 g/mol. The summed E-state index contributed by atoms with van der Waals surface area (Å²) < 4.78 is 4.76. The number of imidazole rings is 1. The van der Waals surface area contributed by atoms with E-state index in [0.717, 1.165) is 38.2 Å². The number of hydrogen-bond acceptors (Lipinski definition) is 4. The van der Waals surface area contributed by atoms with Crippen molar-refractivity contribution in [2.24, 2.45) is 14.1 Å². The molecule has 3 aromatic rings. The van der Waals surface area contributed by atoms with Crippen LogP contribution >= 0.6 is 0 Å². The van der Waals surface area contributed by atoms with Gasteiger partial charge < -0.3 is 4.57 Å². The first-order chi connectivity index (χ1) is 15.0. The lowest BCUT2D eigenvalue weighted by atomic mass is 10.00. The number of rotatable bonds is 7. The smallest absolute Gasteiger partial charge is 0.321 e. The summed E-state index contributed by atoms with van der Waals surface area (Å²) in [7, 11) is 3.24. The van der Waals surface area contributed by atoms with Gasteiger partial charge in [-0.05, 0) is 44.2 Å². The molecular weight excluding hydrogens is 390 g/mol. The fourth-order valence-electron chi connectivity index (χ4n) is 4.85. The van der Waals surface area contributed by atoms with Crippen LogP contribution in [-0.4, -0.2) is 36.2 Å². The third-order valence-electron chi connectivity index (χ3n) is 6.68. The molecule has 2 aromatic heterocycles. The normalized spacial score (nSPS) is 17.5. The van der Waals surface area contributed by atoms with Crippen LogP contribution in [0.15, 0.2) is 39.9 Å². The summed E-state index contributed by atoms with van der Waals surface area (Å²) in [5.41, 5.74) is 1.73. The molecule has 0 aliphatic carbocycles. The summed E-state index contributed by atoms with van der Waals surface area (Å²) in [4.78, 5) is 32.9. The zero-order chi connectivity index (χ0) is 22.0. The molecule has 31 heavy (non-hydrogen) atoms. The van der Waals surface area contributed by atoms with Gasteiger partial charge in [-0.1, -0.05) is 43.7 Å². The van der Waals surface area contributed by atoms with Crippen molar-refractivity contribution in [3.05, 3.63) is 62.6 Å². The van der Waals surface area contributed by atoms with Gasteiger partial charge in [-0.3, -0.25) is 18.8 Å². The molecule has 0 saturated carbocycles. The molecule has 0 unspecified atom stereocenters. The van der Waals surface area contributed by atoms with Crippen molar-refractivity contribution in [3.8, 4) is 0 Å². The van der Waals surface area contributed by atoms with E-state index < -0.39 is 0 Å². The van der Waals surface area contributed by atoms with Gasteiger partial charge in [-0.15, -0.1) is 0 Å². The lowest BCUT2D eigenvalue weighted by Crippen LogP contribution is -2.39. The second kappa shape index (κ2) is 9.22. The van der Waals surface area contributed by atoms with Gasteiger partial charge in [0.05, 0.1) is 6.54 Å². The minimum Gasteiger partial charge on any atom is -0.321 e. The fourth-order valence-corrected chi connectivity index (χ4v) is 4.85. The summed E-state index contributed by atoms with van der Waals surface area (Å²) in [5, 5.41) is 0. The van der Waals surface area contributed by atoms with Crippen LogP contribution in [0.25, 0.3) is 11.2 Å².